The van der Waals surface area contributed by atoms with E-state index in [2.05, 4.69) is 48.2 Å². The van der Waals surface area contributed by atoms with Crippen molar-refractivity contribution in [3.05, 3.63) is 0 Å². The van der Waals surface area contributed by atoms with E-state index >= 15 is 0 Å². The van der Waals surface area contributed by atoms with Crippen molar-refractivity contribution in [3.8, 4) is 0 Å². The van der Waals surface area contributed by atoms with Gasteiger partial charge in [0.1, 0.15) is 0 Å². The highest BCUT2D eigenvalue weighted by molar-refractivity contribution is 7.91. The zero-order valence-corrected chi connectivity index (χ0v) is 16.2. The molecule has 1 aliphatic rings. The van der Waals surface area contributed by atoms with Gasteiger partial charge in [-0.25, -0.2) is 8.42 Å². The summed E-state index contributed by atoms with van der Waals surface area (Å²) in [5.41, 5.74) is 0.349. The first kappa shape index (κ1) is 20.2. The van der Waals surface area contributed by atoms with E-state index in [1.165, 1.54) is 6.42 Å². The Hall–Kier alpha value is -0.820. The fourth-order valence-corrected chi connectivity index (χ4v) is 3.73. The molecule has 1 aliphatic heterocycles. The second-order valence-electron chi connectivity index (χ2n) is 7.64. The van der Waals surface area contributed by atoms with Crippen molar-refractivity contribution < 1.29 is 8.42 Å². The zero-order chi connectivity index (χ0) is 17.5. The monoisotopic (exact) mass is 346 g/mol. The second-order valence-corrected chi connectivity index (χ2v) is 9.94. The summed E-state index contributed by atoms with van der Waals surface area (Å²) in [4.78, 5) is 6.44. The van der Waals surface area contributed by atoms with Crippen LogP contribution in [-0.4, -0.2) is 70.1 Å². The standard InChI is InChI=1S/C16H34N4O2S/c1-14(6-7-16(2,3)4)19-15(17-5)18-8-9-20-10-12-23(21,22)13-11-20/h14H,6-13H2,1-5H3,(H2,17,18,19). The van der Waals surface area contributed by atoms with Gasteiger partial charge in [-0.15, -0.1) is 0 Å². The van der Waals surface area contributed by atoms with Crippen molar-refractivity contribution in [3.63, 3.8) is 0 Å². The minimum atomic E-state index is -2.79. The largest absolute Gasteiger partial charge is 0.355 e. The van der Waals surface area contributed by atoms with Gasteiger partial charge in [0.15, 0.2) is 15.8 Å². The third-order valence-electron chi connectivity index (χ3n) is 4.09. The van der Waals surface area contributed by atoms with Crippen LogP contribution in [0.3, 0.4) is 0 Å². The first-order valence-corrected chi connectivity index (χ1v) is 10.3. The number of hydrogen-bond acceptors (Lipinski definition) is 4. The highest BCUT2D eigenvalue weighted by Gasteiger charge is 2.21. The summed E-state index contributed by atoms with van der Waals surface area (Å²) in [6.45, 7) is 11.8. The molecule has 0 saturated carbocycles. The van der Waals surface area contributed by atoms with Crippen LogP contribution in [0.15, 0.2) is 4.99 Å². The molecule has 1 atom stereocenters. The summed E-state index contributed by atoms with van der Waals surface area (Å²) >= 11 is 0. The maximum absolute atomic E-state index is 11.4. The molecule has 1 rings (SSSR count). The normalized spacial score (nSPS) is 21.0. The highest BCUT2D eigenvalue weighted by Crippen LogP contribution is 2.21. The van der Waals surface area contributed by atoms with Gasteiger partial charge < -0.3 is 10.6 Å². The van der Waals surface area contributed by atoms with Gasteiger partial charge in [0, 0.05) is 39.3 Å². The van der Waals surface area contributed by atoms with Gasteiger partial charge in [-0.2, -0.15) is 0 Å². The molecular weight excluding hydrogens is 312 g/mol. The van der Waals surface area contributed by atoms with Gasteiger partial charge >= 0.3 is 0 Å². The molecule has 0 aliphatic carbocycles. The summed E-state index contributed by atoms with van der Waals surface area (Å²) in [6, 6.07) is 0.376. The quantitative estimate of drug-likeness (QED) is 0.556. The molecule has 0 bridgehead atoms. The van der Waals surface area contributed by atoms with Crippen molar-refractivity contribution in [1.29, 1.82) is 0 Å². The summed E-state index contributed by atoms with van der Waals surface area (Å²) in [5, 5.41) is 6.73. The van der Waals surface area contributed by atoms with Gasteiger partial charge in [-0.3, -0.25) is 9.89 Å². The van der Waals surface area contributed by atoms with E-state index in [4.69, 9.17) is 0 Å². The molecule has 2 N–H and O–H groups in total. The molecule has 7 heteroatoms. The number of aliphatic imine (C=N–C) groups is 1. The number of hydrogen-bond donors (Lipinski definition) is 2. The van der Waals surface area contributed by atoms with Gasteiger partial charge in [0.25, 0.3) is 0 Å². The molecule has 1 unspecified atom stereocenters. The summed E-state index contributed by atoms with van der Waals surface area (Å²) < 4.78 is 22.8. The van der Waals surface area contributed by atoms with E-state index < -0.39 is 9.84 Å². The fourth-order valence-electron chi connectivity index (χ4n) is 2.46. The maximum atomic E-state index is 11.4. The Labute approximate surface area is 142 Å². The molecule has 0 amide bonds. The van der Waals surface area contributed by atoms with Gasteiger partial charge in [0.2, 0.25) is 0 Å². The van der Waals surface area contributed by atoms with Crippen LogP contribution in [0.5, 0.6) is 0 Å². The minimum absolute atomic E-state index is 0.282. The molecule has 136 valence electrons. The lowest BCUT2D eigenvalue weighted by Crippen LogP contribution is -2.47. The molecule has 6 nitrogen and oxygen atoms in total. The Morgan fingerprint density at radius 3 is 2.39 bits per heavy atom. The van der Waals surface area contributed by atoms with Crippen LogP contribution in [0, 0.1) is 5.41 Å². The molecular formula is C16H34N4O2S. The summed E-state index contributed by atoms with van der Waals surface area (Å²) in [6.07, 6.45) is 2.27. The minimum Gasteiger partial charge on any atom is -0.355 e. The van der Waals surface area contributed by atoms with Crippen LogP contribution in [0.1, 0.15) is 40.5 Å². The summed E-state index contributed by atoms with van der Waals surface area (Å²) in [7, 11) is -1.02. The SMILES string of the molecule is CN=C(NCCN1CCS(=O)(=O)CC1)NC(C)CCC(C)(C)C. The Kier molecular flexibility index (Phi) is 7.80. The van der Waals surface area contributed by atoms with Crippen molar-refractivity contribution in [1.82, 2.24) is 15.5 Å². The van der Waals surface area contributed by atoms with Gasteiger partial charge in [-0.1, -0.05) is 20.8 Å². The molecule has 0 spiro atoms. The lowest BCUT2D eigenvalue weighted by atomic mass is 9.89. The second kappa shape index (κ2) is 8.87. The molecule has 1 heterocycles. The molecule has 1 saturated heterocycles. The lowest BCUT2D eigenvalue weighted by Gasteiger charge is -2.27. The first-order chi connectivity index (χ1) is 10.6. The maximum Gasteiger partial charge on any atom is 0.191 e. The van der Waals surface area contributed by atoms with Crippen molar-refractivity contribution in [2.75, 3.05) is 44.7 Å². The van der Waals surface area contributed by atoms with Crippen LogP contribution in [0.25, 0.3) is 0 Å². The molecule has 0 radical (unpaired) electrons. The predicted octanol–water partition coefficient (Wildman–Crippen LogP) is 1.10. The zero-order valence-electron chi connectivity index (χ0n) is 15.4. The summed E-state index contributed by atoms with van der Waals surface area (Å²) in [5.74, 6) is 1.38. The average Bonchev–Trinajstić information content (AvgIpc) is 2.45. The Bertz CT molecular complexity index is 469. The van der Waals surface area contributed by atoms with E-state index in [1.807, 2.05) is 0 Å². The van der Waals surface area contributed by atoms with Gasteiger partial charge in [0.05, 0.1) is 11.5 Å². The predicted molar refractivity (Wildman–Crippen MR) is 97.7 cm³/mol. The van der Waals surface area contributed by atoms with Crippen LogP contribution >= 0.6 is 0 Å². The van der Waals surface area contributed by atoms with Crippen LogP contribution in [0.4, 0.5) is 0 Å². The lowest BCUT2D eigenvalue weighted by molar-refractivity contribution is 0.299. The Balaban J connectivity index is 2.24. The molecule has 0 aromatic rings. The molecule has 1 fully saturated rings. The van der Waals surface area contributed by atoms with Crippen LogP contribution in [0.2, 0.25) is 0 Å². The first-order valence-electron chi connectivity index (χ1n) is 8.51. The fraction of sp³-hybridized carbons (Fsp3) is 0.938. The highest BCUT2D eigenvalue weighted by atomic mass is 32.2. The smallest absolute Gasteiger partial charge is 0.191 e. The number of nitrogens with zero attached hydrogens (tertiary/aromatic N) is 2. The van der Waals surface area contributed by atoms with Gasteiger partial charge in [-0.05, 0) is 25.2 Å². The van der Waals surface area contributed by atoms with E-state index in [0.29, 0.717) is 24.5 Å². The van der Waals surface area contributed by atoms with Crippen molar-refractivity contribution in [2.24, 2.45) is 10.4 Å². The Morgan fingerprint density at radius 1 is 1.26 bits per heavy atom. The van der Waals surface area contributed by atoms with E-state index in [-0.39, 0.29) is 11.5 Å². The number of nitrogens with one attached hydrogen (secondary N) is 2. The Morgan fingerprint density at radius 2 is 1.87 bits per heavy atom. The van der Waals surface area contributed by atoms with E-state index in [9.17, 15) is 8.42 Å². The van der Waals surface area contributed by atoms with E-state index in [1.54, 1.807) is 7.05 Å². The number of rotatable bonds is 6. The average molecular weight is 347 g/mol. The van der Waals surface area contributed by atoms with Crippen molar-refractivity contribution >= 4 is 15.8 Å². The molecule has 0 aromatic heterocycles. The van der Waals surface area contributed by atoms with E-state index in [0.717, 1.165) is 25.5 Å². The number of sulfone groups is 1. The third kappa shape index (κ3) is 9.15. The topological polar surface area (TPSA) is 73.8 Å². The molecule has 23 heavy (non-hydrogen) atoms. The van der Waals surface area contributed by atoms with Crippen LogP contribution < -0.4 is 10.6 Å². The molecule has 0 aromatic carbocycles. The van der Waals surface area contributed by atoms with Crippen molar-refractivity contribution in [2.45, 2.75) is 46.6 Å². The number of guanidine groups is 1. The third-order valence-corrected chi connectivity index (χ3v) is 5.70. The van der Waals surface area contributed by atoms with Crippen LogP contribution in [-0.2, 0) is 9.84 Å².